The van der Waals surface area contributed by atoms with E-state index in [2.05, 4.69) is 10.5 Å². The lowest BCUT2D eigenvalue weighted by molar-refractivity contribution is 0.0718. The molecule has 3 aromatic rings. The molecule has 0 unspecified atom stereocenters. The Hall–Kier alpha value is -2.93. The summed E-state index contributed by atoms with van der Waals surface area (Å²) in [5.41, 5.74) is 1.27. The number of amides is 2. The number of carbonyl (C=O) groups excluding carboxylic acids is 2. The number of hydrogen-bond acceptors (Lipinski definition) is 5. The molecule has 1 fully saturated rings. The van der Waals surface area contributed by atoms with Gasteiger partial charge in [0.1, 0.15) is 0 Å². The molecular formula is C21H21N3O3S. The molecule has 1 N–H and O–H groups in total. The highest BCUT2D eigenvalue weighted by Gasteiger charge is 2.24. The normalized spacial score (nSPS) is 13.3. The smallest absolute Gasteiger partial charge is 0.273 e. The van der Waals surface area contributed by atoms with E-state index in [4.69, 9.17) is 4.52 Å². The first-order valence-corrected chi connectivity index (χ1v) is 10.2. The first-order valence-electron chi connectivity index (χ1n) is 9.29. The minimum atomic E-state index is -0.235. The molecule has 144 valence electrons. The van der Waals surface area contributed by atoms with Crippen LogP contribution in [0.1, 0.15) is 44.3 Å². The van der Waals surface area contributed by atoms with Gasteiger partial charge in [-0.2, -0.15) is 0 Å². The lowest BCUT2D eigenvalue weighted by Crippen LogP contribution is -2.29. The molecule has 0 saturated heterocycles. The molecule has 4 rings (SSSR count). The zero-order valence-electron chi connectivity index (χ0n) is 15.3. The van der Waals surface area contributed by atoms with Gasteiger partial charge < -0.3 is 14.7 Å². The van der Waals surface area contributed by atoms with E-state index >= 15 is 0 Å². The number of hydrogen-bond donors (Lipinski definition) is 1. The van der Waals surface area contributed by atoms with Crippen LogP contribution in [-0.4, -0.2) is 28.4 Å². The number of nitrogens with zero attached hydrogens (tertiary/aromatic N) is 2. The van der Waals surface area contributed by atoms with Crippen LogP contribution in [0.5, 0.6) is 0 Å². The molecule has 0 radical (unpaired) electrons. The van der Waals surface area contributed by atoms with Crippen molar-refractivity contribution in [3.05, 3.63) is 75.8 Å². The lowest BCUT2D eigenvalue weighted by Gasteiger charge is -2.21. The Labute approximate surface area is 167 Å². The van der Waals surface area contributed by atoms with E-state index in [1.807, 2.05) is 47.8 Å². The molecule has 7 heteroatoms. The fourth-order valence-electron chi connectivity index (χ4n) is 2.89. The van der Waals surface area contributed by atoms with Crippen LogP contribution in [0.3, 0.4) is 0 Å². The van der Waals surface area contributed by atoms with Gasteiger partial charge in [0.05, 0.1) is 11.4 Å². The lowest BCUT2D eigenvalue weighted by atomic mass is 10.2. The third-order valence-electron chi connectivity index (χ3n) is 4.62. The average Bonchev–Trinajstić information content (AvgIpc) is 3.18. The molecule has 1 aromatic carbocycles. The van der Waals surface area contributed by atoms with Crippen molar-refractivity contribution in [3.8, 4) is 0 Å². The topological polar surface area (TPSA) is 75.4 Å². The number of nitrogens with one attached hydrogen (secondary N) is 1. The molecule has 2 aromatic heterocycles. The molecule has 6 nitrogen and oxygen atoms in total. The van der Waals surface area contributed by atoms with Crippen LogP contribution in [0.4, 0.5) is 0 Å². The van der Waals surface area contributed by atoms with Crippen LogP contribution in [0.25, 0.3) is 0 Å². The largest absolute Gasteiger partial charge is 0.359 e. The molecule has 2 amide bonds. The monoisotopic (exact) mass is 395 g/mol. The number of carbonyl (C=O) groups is 2. The van der Waals surface area contributed by atoms with E-state index < -0.39 is 0 Å². The number of thiophene rings is 1. The maximum atomic E-state index is 12.9. The Morgan fingerprint density at radius 1 is 1.14 bits per heavy atom. The maximum Gasteiger partial charge on any atom is 0.273 e. The summed E-state index contributed by atoms with van der Waals surface area (Å²) in [6.07, 6.45) is 2.34. The molecule has 0 atom stereocenters. The predicted octanol–water partition coefficient (Wildman–Crippen LogP) is 3.72. The minimum absolute atomic E-state index is 0.0741. The van der Waals surface area contributed by atoms with E-state index in [-0.39, 0.29) is 24.1 Å². The van der Waals surface area contributed by atoms with Crippen molar-refractivity contribution in [3.63, 3.8) is 0 Å². The van der Waals surface area contributed by atoms with Gasteiger partial charge in [-0.25, -0.2) is 0 Å². The summed E-state index contributed by atoms with van der Waals surface area (Å²) in [4.78, 5) is 27.5. The van der Waals surface area contributed by atoms with Gasteiger partial charge in [0.15, 0.2) is 11.5 Å². The molecule has 0 aliphatic heterocycles. The van der Waals surface area contributed by atoms with Gasteiger partial charge in [0.25, 0.3) is 11.8 Å². The first kappa shape index (κ1) is 18.4. The van der Waals surface area contributed by atoms with Crippen LogP contribution >= 0.6 is 11.3 Å². The SMILES string of the molecule is O=C(NCC1CC1)c1cc(CN(Cc2ccccc2)C(=O)c2cccs2)on1. The summed E-state index contributed by atoms with van der Waals surface area (Å²) in [5, 5.41) is 8.63. The van der Waals surface area contributed by atoms with Crippen LogP contribution in [0.15, 0.2) is 58.4 Å². The number of aromatic nitrogens is 1. The minimum Gasteiger partial charge on any atom is -0.359 e. The highest BCUT2D eigenvalue weighted by Crippen LogP contribution is 2.27. The Morgan fingerprint density at radius 3 is 2.68 bits per heavy atom. The second-order valence-corrected chi connectivity index (χ2v) is 7.90. The van der Waals surface area contributed by atoms with Crippen molar-refractivity contribution in [1.29, 1.82) is 0 Å². The van der Waals surface area contributed by atoms with Gasteiger partial charge in [-0.3, -0.25) is 9.59 Å². The van der Waals surface area contributed by atoms with Crippen molar-refractivity contribution in [1.82, 2.24) is 15.4 Å². The zero-order chi connectivity index (χ0) is 19.3. The Morgan fingerprint density at radius 2 is 1.96 bits per heavy atom. The Balaban J connectivity index is 1.47. The number of rotatable bonds is 8. The average molecular weight is 395 g/mol. The maximum absolute atomic E-state index is 12.9. The predicted molar refractivity (Wildman–Crippen MR) is 106 cm³/mol. The van der Waals surface area contributed by atoms with Crippen molar-refractivity contribution in [2.75, 3.05) is 6.54 Å². The molecule has 2 heterocycles. The van der Waals surface area contributed by atoms with Crippen molar-refractivity contribution >= 4 is 23.2 Å². The highest BCUT2D eigenvalue weighted by molar-refractivity contribution is 7.12. The summed E-state index contributed by atoms with van der Waals surface area (Å²) in [7, 11) is 0. The summed E-state index contributed by atoms with van der Waals surface area (Å²) in [6.45, 7) is 1.37. The van der Waals surface area contributed by atoms with E-state index in [1.54, 1.807) is 11.0 Å². The molecule has 28 heavy (non-hydrogen) atoms. The van der Waals surface area contributed by atoms with Gasteiger partial charge in [0, 0.05) is 19.2 Å². The van der Waals surface area contributed by atoms with Gasteiger partial charge in [0.2, 0.25) is 0 Å². The van der Waals surface area contributed by atoms with Crippen LogP contribution < -0.4 is 5.32 Å². The molecule has 1 aliphatic rings. The van der Waals surface area contributed by atoms with Crippen LogP contribution in [-0.2, 0) is 13.1 Å². The highest BCUT2D eigenvalue weighted by atomic mass is 32.1. The van der Waals surface area contributed by atoms with Crippen molar-refractivity contribution in [2.24, 2.45) is 5.92 Å². The van der Waals surface area contributed by atoms with E-state index in [1.165, 1.54) is 24.2 Å². The van der Waals surface area contributed by atoms with Crippen LogP contribution in [0.2, 0.25) is 0 Å². The summed E-state index contributed by atoms with van der Waals surface area (Å²) in [6, 6.07) is 15.1. The van der Waals surface area contributed by atoms with Gasteiger partial charge in [-0.1, -0.05) is 41.6 Å². The molecular weight excluding hydrogens is 374 g/mol. The fourth-order valence-corrected chi connectivity index (χ4v) is 3.58. The van der Waals surface area contributed by atoms with Crippen LogP contribution in [0, 0.1) is 5.92 Å². The van der Waals surface area contributed by atoms with Gasteiger partial charge >= 0.3 is 0 Å². The second-order valence-electron chi connectivity index (χ2n) is 6.96. The summed E-state index contributed by atoms with van der Waals surface area (Å²) in [5.74, 6) is 0.772. The van der Waals surface area contributed by atoms with E-state index in [0.717, 1.165) is 5.56 Å². The van der Waals surface area contributed by atoms with Gasteiger partial charge in [-0.05, 0) is 35.8 Å². The Bertz CT molecular complexity index is 933. The van der Waals surface area contributed by atoms with E-state index in [0.29, 0.717) is 29.6 Å². The standard InChI is InChI=1S/C21H21N3O3S/c25-20(22-12-15-8-9-15)18-11-17(27-23-18)14-24(13-16-5-2-1-3-6-16)21(26)19-7-4-10-28-19/h1-7,10-11,15H,8-9,12-14H2,(H,22,25). The summed E-state index contributed by atoms with van der Waals surface area (Å²) >= 11 is 1.40. The molecule has 0 bridgehead atoms. The number of benzene rings is 1. The van der Waals surface area contributed by atoms with Gasteiger partial charge in [-0.15, -0.1) is 11.3 Å². The zero-order valence-corrected chi connectivity index (χ0v) is 16.2. The quantitative estimate of drug-likeness (QED) is 0.631. The van der Waals surface area contributed by atoms with Crippen molar-refractivity contribution < 1.29 is 14.1 Å². The third kappa shape index (κ3) is 4.67. The van der Waals surface area contributed by atoms with Crippen molar-refractivity contribution in [2.45, 2.75) is 25.9 Å². The fraction of sp³-hybridized carbons (Fsp3) is 0.286. The third-order valence-corrected chi connectivity index (χ3v) is 5.48. The van der Waals surface area contributed by atoms with E-state index in [9.17, 15) is 9.59 Å². The molecule has 1 aliphatic carbocycles. The first-order chi connectivity index (χ1) is 13.7. The second kappa shape index (κ2) is 8.39. The summed E-state index contributed by atoms with van der Waals surface area (Å²) < 4.78 is 5.34. The molecule has 1 saturated carbocycles. The molecule has 0 spiro atoms. The Kier molecular flexibility index (Phi) is 5.53.